The number of nitrogens with zero attached hydrogens (tertiary/aromatic N) is 5. The van der Waals surface area contributed by atoms with Crippen molar-refractivity contribution in [1.82, 2.24) is 19.2 Å². The molecular formula is C20H17N6O2S+. The van der Waals surface area contributed by atoms with Gasteiger partial charge in [-0.15, -0.1) is 21.1 Å². The third-order valence-electron chi connectivity index (χ3n) is 4.65. The topological polar surface area (TPSA) is 88.4 Å². The van der Waals surface area contributed by atoms with Gasteiger partial charge in [-0.05, 0) is 23.6 Å². The van der Waals surface area contributed by atoms with Crippen molar-refractivity contribution in [3.05, 3.63) is 63.3 Å². The van der Waals surface area contributed by atoms with Crippen LogP contribution in [0.4, 0.5) is 0 Å². The predicted molar refractivity (Wildman–Crippen MR) is 113 cm³/mol. The van der Waals surface area contributed by atoms with E-state index in [4.69, 9.17) is 14.7 Å². The van der Waals surface area contributed by atoms with Gasteiger partial charge in [0.05, 0.1) is 30.4 Å². The van der Waals surface area contributed by atoms with Crippen LogP contribution in [0.3, 0.4) is 0 Å². The highest BCUT2D eigenvalue weighted by Crippen LogP contribution is 2.23. The number of aromatic amines is 1. The Balaban J connectivity index is 1.84. The van der Waals surface area contributed by atoms with Crippen LogP contribution in [0.25, 0.3) is 33.2 Å². The average Bonchev–Trinajstić information content (AvgIpc) is 3.36. The Bertz CT molecular complexity index is 1420. The van der Waals surface area contributed by atoms with Gasteiger partial charge >= 0.3 is 5.56 Å². The van der Waals surface area contributed by atoms with Crippen LogP contribution in [0.5, 0.6) is 0 Å². The van der Waals surface area contributed by atoms with Gasteiger partial charge in [-0.25, -0.2) is 24.3 Å². The lowest BCUT2D eigenvalue weighted by Gasteiger charge is -1.99. The molecule has 0 aliphatic heterocycles. The number of fused-ring (bicyclic) bond motifs is 4. The van der Waals surface area contributed by atoms with Gasteiger partial charge < -0.3 is 4.74 Å². The number of thiophene rings is 1. The van der Waals surface area contributed by atoms with E-state index in [2.05, 4.69) is 10.1 Å². The summed E-state index contributed by atoms with van der Waals surface area (Å²) in [4.78, 5) is 26.9. The second-order valence-corrected chi connectivity index (χ2v) is 7.42. The lowest BCUT2D eigenvalue weighted by atomic mass is 10.3. The van der Waals surface area contributed by atoms with Gasteiger partial charge in [0.2, 0.25) is 5.65 Å². The summed E-state index contributed by atoms with van der Waals surface area (Å²) in [5.74, 6) is 0. The molecule has 5 aromatic rings. The second-order valence-electron chi connectivity index (χ2n) is 6.44. The summed E-state index contributed by atoms with van der Waals surface area (Å²) in [6.07, 6.45) is 3.39. The quantitative estimate of drug-likeness (QED) is 0.420. The summed E-state index contributed by atoms with van der Waals surface area (Å²) in [5, 5.41) is 7.05. The first-order valence-electron chi connectivity index (χ1n) is 9.05. The summed E-state index contributed by atoms with van der Waals surface area (Å²) in [6.45, 7) is 0.872. The van der Waals surface area contributed by atoms with Crippen LogP contribution in [-0.2, 0) is 11.3 Å². The van der Waals surface area contributed by atoms with Crippen molar-refractivity contribution in [1.29, 1.82) is 0 Å². The van der Waals surface area contributed by atoms with E-state index in [1.165, 1.54) is 0 Å². The summed E-state index contributed by atoms with van der Waals surface area (Å²) in [5.41, 5.74) is 2.93. The molecule has 0 atom stereocenters. The summed E-state index contributed by atoms with van der Waals surface area (Å²) >= 11 is 1.58. The maximum atomic E-state index is 13.2. The first kappa shape index (κ1) is 17.7. The molecule has 144 valence electrons. The number of H-pyrrole nitrogens is 1. The fourth-order valence-electron chi connectivity index (χ4n) is 3.25. The summed E-state index contributed by atoms with van der Waals surface area (Å²) in [7, 11) is 1.61. The molecule has 29 heavy (non-hydrogen) atoms. The maximum Gasteiger partial charge on any atom is 0.322 e. The van der Waals surface area contributed by atoms with Crippen molar-refractivity contribution in [2.45, 2.75) is 6.54 Å². The zero-order valence-electron chi connectivity index (χ0n) is 15.6. The summed E-state index contributed by atoms with van der Waals surface area (Å²) in [6, 6.07) is 11.5. The number of methoxy groups -OCH3 is 1. The first-order chi connectivity index (χ1) is 14.3. The molecule has 0 unspecified atom stereocenters. The monoisotopic (exact) mass is 405 g/mol. The molecule has 1 N–H and O–H groups in total. The zero-order valence-corrected chi connectivity index (χ0v) is 16.4. The third-order valence-corrected chi connectivity index (χ3v) is 5.46. The smallest absolute Gasteiger partial charge is 0.322 e. The molecule has 0 spiro atoms. The van der Waals surface area contributed by atoms with Crippen LogP contribution in [0.15, 0.2) is 58.0 Å². The number of hydrogen-bond donors (Lipinski definition) is 0. The second kappa shape index (κ2) is 7.19. The van der Waals surface area contributed by atoms with Crippen molar-refractivity contribution in [2.24, 2.45) is 5.10 Å². The van der Waals surface area contributed by atoms with E-state index in [1.54, 1.807) is 40.2 Å². The molecule has 1 aromatic carbocycles. The van der Waals surface area contributed by atoms with Gasteiger partial charge in [0.1, 0.15) is 5.52 Å². The minimum absolute atomic E-state index is 0.157. The molecule has 0 fully saturated rings. The molecule has 8 nitrogen and oxygen atoms in total. The number of aromatic nitrogens is 5. The fraction of sp³-hybridized carbons (Fsp3) is 0.150. The Labute approximate surface area is 168 Å². The largest absolute Gasteiger partial charge is 0.381 e. The lowest BCUT2D eigenvalue weighted by molar-refractivity contribution is -0.357. The number of hydrogen-bond acceptors (Lipinski definition) is 6. The summed E-state index contributed by atoms with van der Waals surface area (Å²) < 4.78 is 8.34. The van der Waals surface area contributed by atoms with E-state index in [0.29, 0.717) is 35.3 Å². The van der Waals surface area contributed by atoms with Crippen molar-refractivity contribution < 1.29 is 9.72 Å². The third kappa shape index (κ3) is 3.00. The number of nitrogens with one attached hydrogen (secondary N) is 1. The van der Waals surface area contributed by atoms with E-state index in [0.717, 1.165) is 15.9 Å². The molecule has 4 heterocycles. The highest BCUT2D eigenvalue weighted by Gasteiger charge is 2.24. The molecule has 0 radical (unpaired) electrons. The number of benzene rings is 1. The van der Waals surface area contributed by atoms with Gasteiger partial charge in [0.25, 0.3) is 5.65 Å². The first-order valence-corrected chi connectivity index (χ1v) is 9.93. The predicted octanol–water partition coefficient (Wildman–Crippen LogP) is 2.30. The van der Waals surface area contributed by atoms with E-state index >= 15 is 0 Å². The normalized spacial score (nSPS) is 12.0. The Morgan fingerprint density at radius 2 is 2.03 bits per heavy atom. The molecule has 9 heteroatoms. The number of ether oxygens (including phenoxy) is 1. The van der Waals surface area contributed by atoms with Gasteiger partial charge in [0, 0.05) is 12.0 Å². The molecule has 0 bridgehead atoms. The minimum atomic E-state index is -0.157. The lowest BCUT2D eigenvalue weighted by Crippen LogP contribution is -2.28. The van der Waals surface area contributed by atoms with Crippen molar-refractivity contribution >= 4 is 50.8 Å². The Morgan fingerprint density at radius 3 is 2.79 bits per heavy atom. The zero-order chi connectivity index (χ0) is 19.8. The Morgan fingerprint density at radius 1 is 1.21 bits per heavy atom. The number of rotatable bonds is 5. The van der Waals surface area contributed by atoms with E-state index in [9.17, 15) is 4.79 Å². The molecule has 0 saturated carbocycles. The highest BCUT2D eigenvalue weighted by molar-refractivity contribution is 7.11. The maximum absolute atomic E-state index is 13.2. The van der Waals surface area contributed by atoms with Gasteiger partial charge in [-0.3, -0.25) is 0 Å². The van der Waals surface area contributed by atoms with E-state index in [-0.39, 0.29) is 5.56 Å². The minimum Gasteiger partial charge on any atom is -0.381 e. The Hall–Kier alpha value is -3.43. The van der Waals surface area contributed by atoms with Crippen molar-refractivity contribution in [3.63, 3.8) is 0 Å². The van der Waals surface area contributed by atoms with E-state index < -0.39 is 0 Å². The Kier molecular flexibility index (Phi) is 4.38. The fourth-order valence-corrected chi connectivity index (χ4v) is 3.83. The average molecular weight is 405 g/mol. The van der Waals surface area contributed by atoms with Crippen LogP contribution in [0.1, 0.15) is 4.88 Å². The van der Waals surface area contributed by atoms with Crippen LogP contribution < -0.4 is 10.5 Å². The molecule has 0 aliphatic carbocycles. The molecule has 4 aromatic heterocycles. The molecule has 0 aliphatic rings. The standard InChI is InChI=1S/C20H16N6O2S/c1-28-9-8-25-12-21-18-16(20(25)27)17-19(24-15-7-3-2-6-14(15)23-17)26(18)22-11-13-5-4-10-29-13/h2-7,10-12H,8-9H2,1H3/p+1. The van der Waals surface area contributed by atoms with Crippen LogP contribution in [-0.4, -0.2) is 39.1 Å². The van der Waals surface area contributed by atoms with Crippen LogP contribution in [0, 0.1) is 0 Å². The number of para-hydroxylation sites is 2. The van der Waals surface area contributed by atoms with Gasteiger partial charge in [0.15, 0.2) is 11.7 Å². The van der Waals surface area contributed by atoms with Crippen LogP contribution >= 0.6 is 11.3 Å². The molecule has 0 saturated heterocycles. The van der Waals surface area contributed by atoms with Gasteiger partial charge in [-0.2, -0.15) is 0 Å². The highest BCUT2D eigenvalue weighted by atomic mass is 32.1. The van der Waals surface area contributed by atoms with Crippen molar-refractivity contribution in [3.8, 4) is 0 Å². The van der Waals surface area contributed by atoms with Crippen LogP contribution in [0.2, 0.25) is 0 Å². The molecular weight excluding hydrogens is 388 g/mol. The SMILES string of the molecule is COCCn1c[nH+]c2c(c1=O)c1nc3ccccc3nc1n2N=Cc1cccs1. The van der Waals surface area contributed by atoms with Gasteiger partial charge in [-0.1, -0.05) is 18.2 Å². The van der Waals surface area contributed by atoms with Crippen molar-refractivity contribution in [2.75, 3.05) is 13.7 Å². The molecule has 0 amide bonds. The molecule has 5 rings (SSSR count). The van der Waals surface area contributed by atoms with E-state index in [1.807, 2.05) is 41.8 Å².